The molecule has 0 heterocycles. The van der Waals surface area contributed by atoms with Gasteiger partial charge in [0.15, 0.2) is 0 Å². The predicted molar refractivity (Wildman–Crippen MR) is 49.3 cm³/mol. The maximum atomic E-state index is 5.28. The first-order valence-electron chi connectivity index (χ1n) is 3.99. The Morgan fingerprint density at radius 1 is 1.55 bits per heavy atom. The summed E-state index contributed by atoms with van der Waals surface area (Å²) in [6.45, 7) is 13.7. The minimum absolute atomic E-state index is 0.146. The quantitative estimate of drug-likeness (QED) is 0.436. The molecule has 0 N–H and O–H groups in total. The Balaban J connectivity index is 3.88. The van der Waals surface area contributed by atoms with Crippen LogP contribution in [0.3, 0.4) is 0 Å². The molecule has 1 heteroatoms. The van der Waals surface area contributed by atoms with Crippen LogP contribution in [0.25, 0.3) is 0 Å². The van der Waals surface area contributed by atoms with Crippen molar-refractivity contribution in [3.05, 3.63) is 25.0 Å². The molecule has 1 nitrogen and oxygen atoms in total. The van der Waals surface area contributed by atoms with Crippen LogP contribution < -0.4 is 0 Å². The molecule has 11 heavy (non-hydrogen) atoms. The summed E-state index contributed by atoms with van der Waals surface area (Å²) < 4.78 is 5.28. The van der Waals surface area contributed by atoms with Gasteiger partial charge in [-0.2, -0.15) is 0 Å². The molecule has 0 aliphatic carbocycles. The summed E-state index contributed by atoms with van der Waals surface area (Å²) >= 11 is 0. The second-order valence-corrected chi connectivity index (χ2v) is 3.27. The molecule has 0 saturated heterocycles. The fourth-order valence-corrected chi connectivity index (χ4v) is 0.917. The zero-order valence-electron chi connectivity index (χ0n) is 7.76. The third-order valence-electron chi connectivity index (χ3n) is 1.50. The van der Waals surface area contributed by atoms with Crippen LogP contribution in [0.5, 0.6) is 0 Å². The first-order valence-corrected chi connectivity index (χ1v) is 3.99. The molecule has 0 rings (SSSR count). The van der Waals surface area contributed by atoms with Crippen LogP contribution in [0.1, 0.15) is 27.2 Å². The summed E-state index contributed by atoms with van der Waals surface area (Å²) in [6.07, 6.45) is 2.65. The topological polar surface area (TPSA) is 9.23 Å². The minimum atomic E-state index is 0.146. The first kappa shape index (κ1) is 10.3. The van der Waals surface area contributed by atoms with Crippen LogP contribution in [-0.4, -0.2) is 6.10 Å². The normalized spacial score (nSPS) is 12.7. The van der Waals surface area contributed by atoms with Gasteiger partial charge in [-0.25, -0.2) is 0 Å². The monoisotopic (exact) mass is 154 g/mol. The fourth-order valence-electron chi connectivity index (χ4n) is 0.917. The molecule has 0 bridgehead atoms. The van der Waals surface area contributed by atoms with Crippen molar-refractivity contribution in [1.29, 1.82) is 0 Å². The lowest BCUT2D eigenvalue weighted by Crippen LogP contribution is -2.13. The molecule has 0 aromatic carbocycles. The summed E-state index contributed by atoms with van der Waals surface area (Å²) in [5.74, 6) is 0.636. The van der Waals surface area contributed by atoms with Crippen molar-refractivity contribution in [3.63, 3.8) is 0 Å². The minimum Gasteiger partial charge on any atom is -0.494 e. The molecule has 0 radical (unpaired) electrons. The largest absolute Gasteiger partial charge is 0.494 e. The van der Waals surface area contributed by atoms with E-state index in [2.05, 4.69) is 27.0 Å². The van der Waals surface area contributed by atoms with E-state index in [0.29, 0.717) is 5.92 Å². The molecule has 1 atom stereocenters. The molecule has 0 saturated carbocycles. The number of rotatable bonds is 5. The van der Waals surface area contributed by atoms with Crippen molar-refractivity contribution in [1.82, 2.24) is 0 Å². The van der Waals surface area contributed by atoms with Crippen LogP contribution in [0.4, 0.5) is 0 Å². The highest BCUT2D eigenvalue weighted by atomic mass is 16.5. The second kappa shape index (κ2) is 5.00. The third-order valence-corrected chi connectivity index (χ3v) is 1.50. The predicted octanol–water partition coefficient (Wildman–Crippen LogP) is 3.14. The van der Waals surface area contributed by atoms with Crippen molar-refractivity contribution in [2.24, 2.45) is 5.92 Å². The van der Waals surface area contributed by atoms with E-state index in [4.69, 9.17) is 4.74 Å². The highest BCUT2D eigenvalue weighted by molar-refractivity contribution is 4.98. The van der Waals surface area contributed by atoms with Crippen molar-refractivity contribution in [2.45, 2.75) is 33.3 Å². The van der Waals surface area contributed by atoms with Crippen molar-refractivity contribution in [3.8, 4) is 0 Å². The molecule has 64 valence electrons. The Bertz CT molecular complexity index is 136. The van der Waals surface area contributed by atoms with Gasteiger partial charge in [0.05, 0.1) is 6.26 Å². The van der Waals surface area contributed by atoms with Gasteiger partial charge in [0.1, 0.15) is 6.10 Å². The third kappa shape index (κ3) is 4.65. The van der Waals surface area contributed by atoms with E-state index in [0.717, 1.165) is 12.0 Å². The molecule has 0 aliphatic rings. The van der Waals surface area contributed by atoms with E-state index in [-0.39, 0.29) is 6.10 Å². The lowest BCUT2D eigenvalue weighted by molar-refractivity contribution is 0.154. The maximum Gasteiger partial charge on any atom is 0.119 e. The molecule has 0 spiro atoms. The maximum absolute atomic E-state index is 5.28. The van der Waals surface area contributed by atoms with Crippen molar-refractivity contribution < 1.29 is 4.74 Å². The van der Waals surface area contributed by atoms with Gasteiger partial charge in [0.2, 0.25) is 0 Å². The average Bonchev–Trinajstić information content (AvgIpc) is 1.86. The van der Waals surface area contributed by atoms with Crippen LogP contribution in [0.15, 0.2) is 25.0 Å². The smallest absolute Gasteiger partial charge is 0.119 e. The van der Waals surface area contributed by atoms with Gasteiger partial charge in [-0.3, -0.25) is 0 Å². The molecule has 0 aliphatic heterocycles. The molecular weight excluding hydrogens is 136 g/mol. The number of ether oxygens (including phenoxy) is 1. The molecule has 0 aromatic rings. The van der Waals surface area contributed by atoms with Gasteiger partial charge < -0.3 is 4.74 Å². The van der Waals surface area contributed by atoms with Gasteiger partial charge in [-0.1, -0.05) is 27.0 Å². The summed E-state index contributed by atoms with van der Waals surface area (Å²) in [7, 11) is 0. The van der Waals surface area contributed by atoms with Gasteiger partial charge in [-0.15, -0.1) is 0 Å². The molecular formula is C10H18O. The summed E-state index contributed by atoms with van der Waals surface area (Å²) in [5.41, 5.74) is 1.07. The van der Waals surface area contributed by atoms with Crippen LogP contribution in [0.2, 0.25) is 0 Å². The second-order valence-electron chi connectivity index (χ2n) is 3.27. The van der Waals surface area contributed by atoms with Gasteiger partial charge in [0.25, 0.3) is 0 Å². The van der Waals surface area contributed by atoms with Crippen LogP contribution in [0, 0.1) is 5.92 Å². The number of hydrogen-bond donors (Lipinski definition) is 0. The summed E-state index contributed by atoms with van der Waals surface area (Å²) in [4.78, 5) is 0. The van der Waals surface area contributed by atoms with Crippen molar-refractivity contribution >= 4 is 0 Å². The van der Waals surface area contributed by atoms with E-state index in [1.54, 1.807) is 0 Å². The van der Waals surface area contributed by atoms with Crippen molar-refractivity contribution in [2.75, 3.05) is 0 Å². The summed E-state index contributed by atoms with van der Waals surface area (Å²) in [6, 6.07) is 0. The Morgan fingerprint density at radius 2 is 2.09 bits per heavy atom. The lowest BCUT2D eigenvalue weighted by Gasteiger charge is -2.18. The Hall–Kier alpha value is -0.720. The fraction of sp³-hybridized carbons (Fsp3) is 0.600. The van der Waals surface area contributed by atoms with Crippen LogP contribution >= 0.6 is 0 Å². The standard InChI is InChI=1S/C10H18O/c1-6-11-10(9(4)5)7-8(2)3/h6,8,10H,1,4,7H2,2-3,5H3. The summed E-state index contributed by atoms with van der Waals surface area (Å²) in [5, 5.41) is 0. The van der Waals surface area contributed by atoms with Gasteiger partial charge >= 0.3 is 0 Å². The lowest BCUT2D eigenvalue weighted by atomic mass is 10.0. The first-order chi connectivity index (χ1) is 5.07. The van der Waals surface area contributed by atoms with E-state index in [1.807, 2.05) is 6.92 Å². The van der Waals surface area contributed by atoms with E-state index in [9.17, 15) is 0 Å². The molecule has 0 fully saturated rings. The zero-order valence-corrected chi connectivity index (χ0v) is 7.76. The highest BCUT2D eigenvalue weighted by Gasteiger charge is 2.10. The zero-order chi connectivity index (χ0) is 8.85. The molecule has 0 aromatic heterocycles. The SMILES string of the molecule is C=COC(CC(C)C)C(=C)C. The van der Waals surface area contributed by atoms with E-state index in [1.165, 1.54) is 6.26 Å². The highest BCUT2D eigenvalue weighted by Crippen LogP contribution is 2.14. The van der Waals surface area contributed by atoms with Crippen LogP contribution in [-0.2, 0) is 4.74 Å². The van der Waals surface area contributed by atoms with E-state index < -0.39 is 0 Å². The Kier molecular flexibility index (Phi) is 4.67. The Morgan fingerprint density at radius 3 is 2.36 bits per heavy atom. The van der Waals surface area contributed by atoms with E-state index >= 15 is 0 Å². The van der Waals surface area contributed by atoms with Gasteiger partial charge in [-0.05, 0) is 24.8 Å². The molecule has 1 unspecified atom stereocenters. The average molecular weight is 154 g/mol. The molecule has 0 amide bonds. The Labute approximate surface area is 69.8 Å². The van der Waals surface area contributed by atoms with Gasteiger partial charge in [0, 0.05) is 0 Å². The number of hydrogen-bond acceptors (Lipinski definition) is 1.